The van der Waals surface area contributed by atoms with Crippen LogP contribution in [-0.2, 0) is 0 Å². The highest BCUT2D eigenvalue weighted by Crippen LogP contribution is 2.36. The maximum Gasteiger partial charge on any atom is 0.292 e. The SMILES string of the molecule is Cc1cccc([N+](=O)[O-])c1N1CCCC(c2nncn2C(C)C)C1. The molecule has 1 unspecified atom stereocenters. The normalized spacial score (nSPS) is 18.2. The smallest absolute Gasteiger partial charge is 0.292 e. The molecule has 0 amide bonds. The van der Waals surface area contributed by atoms with E-state index in [1.807, 2.05) is 13.0 Å². The maximum absolute atomic E-state index is 11.4. The largest absolute Gasteiger partial charge is 0.365 e. The van der Waals surface area contributed by atoms with Gasteiger partial charge in [-0.3, -0.25) is 10.1 Å². The molecule has 128 valence electrons. The highest BCUT2D eigenvalue weighted by atomic mass is 16.6. The first-order valence-electron chi connectivity index (χ1n) is 8.37. The molecule has 2 heterocycles. The van der Waals surface area contributed by atoms with Crippen molar-refractivity contribution < 1.29 is 4.92 Å². The molecule has 1 saturated heterocycles. The molecule has 7 heteroatoms. The van der Waals surface area contributed by atoms with Crippen LogP contribution in [0.5, 0.6) is 0 Å². The van der Waals surface area contributed by atoms with Gasteiger partial charge in [0.15, 0.2) is 0 Å². The summed E-state index contributed by atoms with van der Waals surface area (Å²) in [5.74, 6) is 1.22. The Hall–Kier alpha value is -2.44. The fourth-order valence-electron chi connectivity index (χ4n) is 3.53. The predicted octanol–water partition coefficient (Wildman–Crippen LogP) is 3.46. The lowest BCUT2D eigenvalue weighted by Gasteiger charge is -2.34. The third-order valence-corrected chi connectivity index (χ3v) is 4.67. The van der Waals surface area contributed by atoms with Gasteiger partial charge in [-0.15, -0.1) is 10.2 Å². The number of anilines is 1. The summed E-state index contributed by atoms with van der Waals surface area (Å²) in [6.45, 7) is 7.72. The average molecular weight is 329 g/mol. The summed E-state index contributed by atoms with van der Waals surface area (Å²) < 4.78 is 2.10. The van der Waals surface area contributed by atoms with Gasteiger partial charge < -0.3 is 9.47 Å². The van der Waals surface area contributed by atoms with E-state index >= 15 is 0 Å². The van der Waals surface area contributed by atoms with Crippen molar-refractivity contribution in [3.05, 3.63) is 46.0 Å². The minimum Gasteiger partial charge on any atom is -0.365 e. The zero-order chi connectivity index (χ0) is 17.3. The molecule has 1 aliphatic heterocycles. The van der Waals surface area contributed by atoms with Crippen LogP contribution in [0.3, 0.4) is 0 Å². The Bertz CT molecular complexity index is 740. The van der Waals surface area contributed by atoms with E-state index in [1.54, 1.807) is 18.5 Å². The standard InChI is InChI=1S/C17H23N5O2/c1-12(2)21-11-18-19-17(21)14-7-5-9-20(10-14)16-13(3)6-4-8-15(16)22(23)24/h4,6,8,11-12,14H,5,7,9-10H2,1-3H3. The Balaban J connectivity index is 1.92. The molecule has 1 aromatic heterocycles. The van der Waals surface area contributed by atoms with Crippen molar-refractivity contribution >= 4 is 11.4 Å². The molecule has 3 rings (SSSR count). The monoisotopic (exact) mass is 329 g/mol. The van der Waals surface area contributed by atoms with Crippen molar-refractivity contribution in [3.63, 3.8) is 0 Å². The summed E-state index contributed by atoms with van der Waals surface area (Å²) in [4.78, 5) is 13.3. The minimum absolute atomic E-state index is 0.181. The summed E-state index contributed by atoms with van der Waals surface area (Å²) in [7, 11) is 0. The molecule has 24 heavy (non-hydrogen) atoms. The van der Waals surface area contributed by atoms with Gasteiger partial charge in [0.1, 0.15) is 17.8 Å². The van der Waals surface area contributed by atoms with Crippen molar-refractivity contribution in [1.82, 2.24) is 14.8 Å². The van der Waals surface area contributed by atoms with E-state index in [1.165, 1.54) is 0 Å². The molecule has 0 saturated carbocycles. The summed E-state index contributed by atoms with van der Waals surface area (Å²) in [6.07, 6.45) is 3.79. The summed E-state index contributed by atoms with van der Waals surface area (Å²) in [5.41, 5.74) is 1.86. The molecular weight excluding hydrogens is 306 g/mol. The second kappa shape index (κ2) is 6.59. The number of benzene rings is 1. The van der Waals surface area contributed by atoms with E-state index < -0.39 is 0 Å². The lowest BCUT2D eigenvalue weighted by Crippen LogP contribution is -2.36. The molecule has 1 fully saturated rings. The van der Waals surface area contributed by atoms with E-state index in [4.69, 9.17) is 0 Å². The quantitative estimate of drug-likeness (QED) is 0.634. The Labute approximate surface area is 141 Å². The third-order valence-electron chi connectivity index (χ3n) is 4.67. The van der Waals surface area contributed by atoms with Crippen LogP contribution < -0.4 is 4.90 Å². The van der Waals surface area contributed by atoms with Crippen LogP contribution in [0.2, 0.25) is 0 Å². The number of nitro groups is 1. The van der Waals surface area contributed by atoms with Crippen LogP contribution in [-0.4, -0.2) is 32.8 Å². The fourth-order valence-corrected chi connectivity index (χ4v) is 3.53. The molecule has 0 spiro atoms. The molecule has 1 atom stereocenters. The lowest BCUT2D eigenvalue weighted by atomic mass is 9.95. The third kappa shape index (κ3) is 2.98. The van der Waals surface area contributed by atoms with E-state index in [9.17, 15) is 10.1 Å². The van der Waals surface area contributed by atoms with Gasteiger partial charge in [-0.05, 0) is 39.2 Å². The van der Waals surface area contributed by atoms with Gasteiger partial charge in [0.2, 0.25) is 0 Å². The number of piperidine rings is 1. The predicted molar refractivity (Wildman–Crippen MR) is 92.4 cm³/mol. The minimum atomic E-state index is -0.289. The van der Waals surface area contributed by atoms with Gasteiger partial charge in [-0.25, -0.2) is 0 Å². The highest BCUT2D eigenvalue weighted by molar-refractivity contribution is 5.68. The molecule has 2 aromatic rings. The zero-order valence-corrected chi connectivity index (χ0v) is 14.3. The van der Waals surface area contributed by atoms with E-state index in [-0.39, 0.29) is 16.5 Å². The second-order valence-electron chi connectivity index (χ2n) is 6.68. The average Bonchev–Trinajstić information content (AvgIpc) is 3.04. The molecule has 7 nitrogen and oxygen atoms in total. The van der Waals surface area contributed by atoms with E-state index in [2.05, 4.69) is 33.5 Å². The Morgan fingerprint density at radius 3 is 2.88 bits per heavy atom. The lowest BCUT2D eigenvalue weighted by molar-refractivity contribution is -0.384. The van der Waals surface area contributed by atoms with Crippen molar-refractivity contribution in [2.24, 2.45) is 0 Å². The van der Waals surface area contributed by atoms with Gasteiger partial charge in [-0.1, -0.05) is 12.1 Å². The Morgan fingerprint density at radius 1 is 1.38 bits per heavy atom. The number of aryl methyl sites for hydroxylation is 1. The van der Waals surface area contributed by atoms with E-state index in [0.29, 0.717) is 6.04 Å². The summed E-state index contributed by atoms with van der Waals surface area (Å²) in [6, 6.07) is 5.57. The van der Waals surface area contributed by atoms with Crippen molar-refractivity contribution in [1.29, 1.82) is 0 Å². The van der Waals surface area contributed by atoms with Crippen LogP contribution in [0.4, 0.5) is 11.4 Å². The summed E-state index contributed by atoms with van der Waals surface area (Å²) in [5, 5.41) is 19.8. The molecular formula is C17H23N5O2. The number of nitrogens with zero attached hydrogens (tertiary/aromatic N) is 5. The van der Waals surface area contributed by atoms with Crippen molar-refractivity contribution in [2.45, 2.75) is 45.6 Å². The number of para-hydroxylation sites is 1. The number of rotatable bonds is 4. The molecule has 1 aliphatic rings. The first-order valence-corrected chi connectivity index (χ1v) is 8.37. The van der Waals surface area contributed by atoms with Gasteiger partial charge >= 0.3 is 0 Å². The summed E-state index contributed by atoms with van der Waals surface area (Å²) >= 11 is 0. The highest BCUT2D eigenvalue weighted by Gasteiger charge is 2.30. The molecule has 0 N–H and O–H groups in total. The first kappa shape index (κ1) is 16.4. The molecule has 0 aliphatic carbocycles. The van der Waals surface area contributed by atoms with Crippen molar-refractivity contribution in [2.75, 3.05) is 18.0 Å². The van der Waals surface area contributed by atoms with Crippen LogP contribution in [0.15, 0.2) is 24.5 Å². The van der Waals surface area contributed by atoms with Crippen molar-refractivity contribution in [3.8, 4) is 0 Å². The second-order valence-corrected chi connectivity index (χ2v) is 6.68. The topological polar surface area (TPSA) is 77.1 Å². The zero-order valence-electron chi connectivity index (χ0n) is 14.3. The number of nitro benzene ring substituents is 1. The van der Waals surface area contributed by atoms with Gasteiger partial charge in [-0.2, -0.15) is 0 Å². The first-order chi connectivity index (χ1) is 11.5. The fraction of sp³-hybridized carbons (Fsp3) is 0.529. The van der Waals surface area contributed by atoms with Crippen LogP contribution in [0, 0.1) is 17.0 Å². The van der Waals surface area contributed by atoms with Gasteiger partial charge in [0.25, 0.3) is 5.69 Å². The van der Waals surface area contributed by atoms with Gasteiger partial charge in [0.05, 0.1) is 4.92 Å². The van der Waals surface area contributed by atoms with Crippen LogP contribution in [0.1, 0.15) is 50.0 Å². The number of hydrogen-bond acceptors (Lipinski definition) is 5. The van der Waals surface area contributed by atoms with E-state index in [0.717, 1.165) is 43.0 Å². The van der Waals surface area contributed by atoms with Crippen LogP contribution in [0.25, 0.3) is 0 Å². The van der Waals surface area contributed by atoms with Gasteiger partial charge in [0, 0.05) is 31.1 Å². The maximum atomic E-state index is 11.4. The van der Waals surface area contributed by atoms with Crippen LogP contribution >= 0.6 is 0 Å². The number of hydrogen-bond donors (Lipinski definition) is 0. The molecule has 0 radical (unpaired) electrons. The molecule has 0 bridgehead atoms. The number of aromatic nitrogens is 3. The molecule has 1 aromatic carbocycles. The Morgan fingerprint density at radius 2 is 2.17 bits per heavy atom. The Kier molecular flexibility index (Phi) is 4.51.